The summed E-state index contributed by atoms with van der Waals surface area (Å²) in [6.07, 6.45) is 4.07. The van der Waals surface area contributed by atoms with Crippen LogP contribution < -0.4 is 5.73 Å². The molecule has 72 valence electrons. The van der Waals surface area contributed by atoms with Gasteiger partial charge in [-0.15, -0.1) is 0 Å². The molecule has 0 radical (unpaired) electrons. The molecule has 1 heterocycles. The number of nitrogens with two attached hydrogens (primary N) is 1. The van der Waals surface area contributed by atoms with Crippen LogP contribution in [0.25, 0.3) is 0 Å². The van der Waals surface area contributed by atoms with Gasteiger partial charge in [0.1, 0.15) is 0 Å². The molecule has 0 spiro atoms. The number of aromatic nitrogens is 1. The van der Waals surface area contributed by atoms with Crippen molar-refractivity contribution >= 4 is 0 Å². The summed E-state index contributed by atoms with van der Waals surface area (Å²) >= 11 is 0. The predicted molar refractivity (Wildman–Crippen MR) is 53.5 cm³/mol. The molecule has 2 unspecified atom stereocenters. The average molecular weight is 179 g/mol. The highest BCUT2D eigenvalue weighted by molar-refractivity contribution is 5.28. The third kappa shape index (κ3) is 1.49. The highest BCUT2D eigenvalue weighted by Gasteiger charge is 2.26. The lowest BCUT2D eigenvalue weighted by Gasteiger charge is -2.31. The summed E-state index contributed by atoms with van der Waals surface area (Å²) in [5.41, 5.74) is 8.73. The van der Waals surface area contributed by atoms with Crippen LogP contribution in [0.3, 0.4) is 0 Å². The van der Waals surface area contributed by atoms with Gasteiger partial charge in [-0.05, 0) is 32.1 Å². The van der Waals surface area contributed by atoms with Crippen molar-refractivity contribution in [3.8, 4) is 0 Å². The molecular weight excluding hydrogens is 162 g/mol. The molecule has 2 atom stereocenters. The van der Waals surface area contributed by atoms with Crippen LogP contribution in [0.2, 0.25) is 0 Å². The Morgan fingerprint density at radius 3 is 3.00 bits per heavy atom. The van der Waals surface area contributed by atoms with Crippen molar-refractivity contribution in [2.75, 3.05) is 14.1 Å². The summed E-state index contributed by atoms with van der Waals surface area (Å²) in [6, 6.07) is 2.97. The molecule has 0 aliphatic heterocycles. The lowest BCUT2D eigenvalue weighted by atomic mass is 9.89. The van der Waals surface area contributed by atoms with Crippen molar-refractivity contribution in [2.24, 2.45) is 5.73 Å². The fourth-order valence-electron chi connectivity index (χ4n) is 2.15. The second kappa shape index (κ2) is 3.16. The Kier molecular flexibility index (Phi) is 2.14. The van der Waals surface area contributed by atoms with Gasteiger partial charge in [0, 0.05) is 30.4 Å². The number of aromatic amines is 1. The molecule has 1 aromatic heterocycles. The van der Waals surface area contributed by atoms with Crippen LogP contribution >= 0.6 is 0 Å². The second-order valence-electron chi connectivity index (χ2n) is 4.09. The Morgan fingerprint density at radius 2 is 2.31 bits per heavy atom. The highest BCUT2D eigenvalue weighted by Crippen LogP contribution is 2.31. The quantitative estimate of drug-likeness (QED) is 0.672. The van der Waals surface area contributed by atoms with Crippen molar-refractivity contribution in [1.29, 1.82) is 0 Å². The summed E-state index contributed by atoms with van der Waals surface area (Å²) in [7, 11) is 4.22. The zero-order valence-electron chi connectivity index (χ0n) is 8.25. The Bertz CT molecular complexity index is 290. The number of nitrogens with zero attached hydrogens (tertiary/aromatic N) is 1. The lowest BCUT2D eigenvalue weighted by molar-refractivity contribution is 0.255. The standard InChI is InChI=1S/C10H17N3/c1-13(2)10-6-7(11)5-9-8(10)3-4-12-9/h3-4,7,10,12H,5-6,11H2,1-2H3. The van der Waals surface area contributed by atoms with Crippen LogP contribution in [0.5, 0.6) is 0 Å². The van der Waals surface area contributed by atoms with Crippen molar-refractivity contribution in [3.63, 3.8) is 0 Å². The Balaban J connectivity index is 2.32. The first-order valence-electron chi connectivity index (χ1n) is 4.76. The van der Waals surface area contributed by atoms with Crippen molar-refractivity contribution in [1.82, 2.24) is 9.88 Å². The second-order valence-corrected chi connectivity index (χ2v) is 4.09. The average Bonchev–Trinajstić information content (AvgIpc) is 2.49. The van der Waals surface area contributed by atoms with E-state index in [0.717, 1.165) is 12.8 Å². The first-order chi connectivity index (χ1) is 6.18. The van der Waals surface area contributed by atoms with Gasteiger partial charge >= 0.3 is 0 Å². The first-order valence-corrected chi connectivity index (χ1v) is 4.76. The van der Waals surface area contributed by atoms with Crippen LogP contribution in [-0.2, 0) is 6.42 Å². The minimum Gasteiger partial charge on any atom is -0.365 e. The van der Waals surface area contributed by atoms with Gasteiger partial charge in [-0.3, -0.25) is 0 Å². The summed E-state index contributed by atoms with van der Waals surface area (Å²) in [5, 5.41) is 0. The van der Waals surface area contributed by atoms with E-state index in [1.54, 1.807) is 0 Å². The van der Waals surface area contributed by atoms with Crippen LogP contribution in [0.4, 0.5) is 0 Å². The van der Waals surface area contributed by atoms with E-state index < -0.39 is 0 Å². The van der Waals surface area contributed by atoms with Gasteiger partial charge in [-0.2, -0.15) is 0 Å². The molecule has 0 saturated heterocycles. The minimum absolute atomic E-state index is 0.304. The van der Waals surface area contributed by atoms with Gasteiger partial charge in [0.2, 0.25) is 0 Å². The topological polar surface area (TPSA) is 45.0 Å². The molecule has 3 nitrogen and oxygen atoms in total. The molecule has 3 heteroatoms. The largest absolute Gasteiger partial charge is 0.365 e. The fourth-order valence-corrected chi connectivity index (χ4v) is 2.15. The van der Waals surface area contributed by atoms with Crippen molar-refractivity contribution < 1.29 is 0 Å². The van der Waals surface area contributed by atoms with Crippen LogP contribution in [0.1, 0.15) is 23.7 Å². The Morgan fingerprint density at radius 1 is 1.54 bits per heavy atom. The molecule has 0 bridgehead atoms. The molecule has 3 N–H and O–H groups in total. The van der Waals surface area contributed by atoms with Crippen LogP contribution in [0, 0.1) is 0 Å². The predicted octanol–water partition coefficient (Wildman–Crippen LogP) is 0.891. The van der Waals surface area contributed by atoms with Gasteiger partial charge in [0.05, 0.1) is 0 Å². The number of fused-ring (bicyclic) bond motifs is 1. The van der Waals surface area contributed by atoms with Crippen molar-refractivity contribution in [2.45, 2.75) is 24.9 Å². The number of nitrogens with one attached hydrogen (secondary N) is 1. The molecule has 1 aliphatic carbocycles. The van der Waals surface area contributed by atoms with Gasteiger partial charge < -0.3 is 15.6 Å². The third-order valence-corrected chi connectivity index (χ3v) is 2.84. The molecule has 0 fully saturated rings. The summed E-state index contributed by atoms with van der Waals surface area (Å²) < 4.78 is 0. The van der Waals surface area contributed by atoms with Crippen LogP contribution in [-0.4, -0.2) is 30.0 Å². The minimum atomic E-state index is 0.304. The van der Waals surface area contributed by atoms with Gasteiger partial charge in [-0.25, -0.2) is 0 Å². The zero-order chi connectivity index (χ0) is 9.42. The normalized spacial score (nSPS) is 27.7. The van der Waals surface area contributed by atoms with Gasteiger partial charge in [-0.1, -0.05) is 0 Å². The SMILES string of the molecule is CN(C)C1CC(N)Cc2[nH]ccc21. The molecule has 0 aromatic carbocycles. The van der Waals surface area contributed by atoms with Gasteiger partial charge in [0.25, 0.3) is 0 Å². The van der Waals surface area contributed by atoms with E-state index in [0.29, 0.717) is 12.1 Å². The summed E-state index contributed by atoms with van der Waals surface area (Å²) in [4.78, 5) is 5.51. The highest BCUT2D eigenvalue weighted by atomic mass is 15.1. The molecule has 1 aliphatic rings. The number of H-pyrrole nitrogens is 1. The molecular formula is C10H17N3. The monoisotopic (exact) mass is 179 g/mol. The smallest absolute Gasteiger partial charge is 0.0374 e. The van der Waals surface area contributed by atoms with E-state index in [1.807, 2.05) is 6.20 Å². The molecule has 0 saturated carbocycles. The molecule has 2 rings (SSSR count). The zero-order valence-corrected chi connectivity index (χ0v) is 8.25. The van der Waals surface area contributed by atoms with E-state index in [2.05, 4.69) is 30.0 Å². The maximum Gasteiger partial charge on any atom is 0.0374 e. The maximum absolute atomic E-state index is 5.99. The summed E-state index contributed by atoms with van der Waals surface area (Å²) in [6.45, 7) is 0. The van der Waals surface area contributed by atoms with Gasteiger partial charge in [0.15, 0.2) is 0 Å². The van der Waals surface area contributed by atoms with E-state index >= 15 is 0 Å². The lowest BCUT2D eigenvalue weighted by Crippen LogP contribution is -2.35. The van der Waals surface area contributed by atoms with E-state index in [4.69, 9.17) is 5.73 Å². The van der Waals surface area contributed by atoms with Crippen molar-refractivity contribution in [3.05, 3.63) is 23.5 Å². The van der Waals surface area contributed by atoms with Crippen LogP contribution in [0.15, 0.2) is 12.3 Å². The first kappa shape index (κ1) is 8.78. The maximum atomic E-state index is 5.99. The van der Waals surface area contributed by atoms with E-state index in [-0.39, 0.29) is 0 Å². The summed E-state index contributed by atoms with van der Waals surface area (Å²) in [5.74, 6) is 0. The third-order valence-electron chi connectivity index (χ3n) is 2.84. The number of hydrogen-bond acceptors (Lipinski definition) is 2. The fraction of sp³-hybridized carbons (Fsp3) is 0.600. The number of hydrogen-bond donors (Lipinski definition) is 2. The Labute approximate surface area is 78.9 Å². The van der Waals surface area contributed by atoms with E-state index in [1.165, 1.54) is 11.3 Å². The van der Waals surface area contributed by atoms with E-state index in [9.17, 15) is 0 Å². The molecule has 13 heavy (non-hydrogen) atoms. The molecule has 0 amide bonds. The number of rotatable bonds is 1. The molecule has 1 aromatic rings. The Hall–Kier alpha value is -0.800.